The van der Waals surface area contributed by atoms with Gasteiger partial charge in [-0.25, -0.2) is 0 Å². The van der Waals surface area contributed by atoms with Crippen LogP contribution in [0.4, 0.5) is 17.1 Å². The molecule has 2 aromatic carbocycles. The van der Waals surface area contributed by atoms with Crippen LogP contribution in [0.2, 0.25) is 0 Å². The number of anilines is 2. The van der Waals surface area contributed by atoms with E-state index in [9.17, 15) is 19.7 Å². The lowest BCUT2D eigenvalue weighted by Crippen LogP contribution is -2.18. The zero-order valence-corrected chi connectivity index (χ0v) is 18.4. The minimum Gasteiger partial charge on any atom is -0.326 e. The van der Waals surface area contributed by atoms with Gasteiger partial charge in [-0.2, -0.15) is 0 Å². The van der Waals surface area contributed by atoms with Gasteiger partial charge in [0.1, 0.15) is 5.82 Å². The molecule has 0 aliphatic rings. The van der Waals surface area contributed by atoms with E-state index in [2.05, 4.69) is 20.8 Å². The standard InChI is InChI=1S/C21H22N6O4S/c1-3-26-18(12-19(28)22-15-6-4-14(2)5-7-15)24-25-21(26)32-13-20(29)23-16-8-10-17(11-9-16)27(30)31/h4-11H,3,12-13H2,1-2H3,(H,22,28)(H,23,29). The molecule has 3 rings (SSSR count). The van der Waals surface area contributed by atoms with Gasteiger partial charge in [0.2, 0.25) is 11.8 Å². The van der Waals surface area contributed by atoms with Crippen molar-refractivity contribution < 1.29 is 14.5 Å². The molecule has 0 unspecified atom stereocenters. The number of nitro benzene ring substituents is 1. The minimum absolute atomic E-state index is 0.0487. The van der Waals surface area contributed by atoms with E-state index in [-0.39, 0.29) is 29.7 Å². The van der Waals surface area contributed by atoms with Gasteiger partial charge in [-0.1, -0.05) is 29.5 Å². The molecule has 1 aromatic heterocycles. The highest BCUT2D eigenvalue weighted by molar-refractivity contribution is 7.99. The largest absolute Gasteiger partial charge is 0.326 e. The molecule has 166 valence electrons. The molecule has 10 nitrogen and oxygen atoms in total. The average molecular weight is 455 g/mol. The molecule has 0 spiro atoms. The summed E-state index contributed by atoms with van der Waals surface area (Å²) in [7, 11) is 0. The number of rotatable bonds is 9. The van der Waals surface area contributed by atoms with Gasteiger partial charge in [0.05, 0.1) is 17.1 Å². The van der Waals surface area contributed by atoms with Gasteiger partial charge in [-0.15, -0.1) is 10.2 Å². The van der Waals surface area contributed by atoms with E-state index in [1.165, 1.54) is 36.0 Å². The molecule has 11 heteroatoms. The summed E-state index contributed by atoms with van der Waals surface area (Å²) in [6.45, 7) is 4.43. The highest BCUT2D eigenvalue weighted by atomic mass is 32.2. The Bertz CT molecular complexity index is 1110. The normalized spacial score (nSPS) is 10.6. The summed E-state index contributed by atoms with van der Waals surface area (Å²) in [5.74, 6) is 0.0944. The third-order valence-corrected chi connectivity index (χ3v) is 5.42. The van der Waals surface area contributed by atoms with Crippen molar-refractivity contribution in [1.29, 1.82) is 0 Å². The summed E-state index contributed by atoms with van der Waals surface area (Å²) >= 11 is 1.20. The second-order valence-corrected chi connectivity index (χ2v) is 7.82. The van der Waals surface area contributed by atoms with Gasteiger partial charge < -0.3 is 15.2 Å². The summed E-state index contributed by atoms with van der Waals surface area (Å²) < 4.78 is 1.79. The van der Waals surface area contributed by atoms with Gasteiger partial charge in [-0.05, 0) is 38.1 Å². The number of benzene rings is 2. The summed E-state index contributed by atoms with van der Waals surface area (Å²) in [6.07, 6.45) is 0.0598. The molecule has 32 heavy (non-hydrogen) atoms. The molecule has 1 heterocycles. The SMILES string of the molecule is CCn1c(CC(=O)Nc2ccc(C)cc2)nnc1SCC(=O)Nc1ccc([N+](=O)[O-])cc1. The number of hydrogen-bond acceptors (Lipinski definition) is 7. The van der Waals surface area contributed by atoms with Crippen molar-refractivity contribution in [2.45, 2.75) is 32.0 Å². The number of thioether (sulfide) groups is 1. The molecule has 3 aromatic rings. The second-order valence-electron chi connectivity index (χ2n) is 6.87. The Morgan fingerprint density at radius 2 is 1.59 bits per heavy atom. The van der Waals surface area contributed by atoms with Crippen LogP contribution in [-0.4, -0.2) is 37.3 Å². The highest BCUT2D eigenvalue weighted by Crippen LogP contribution is 2.20. The van der Waals surface area contributed by atoms with Crippen molar-refractivity contribution in [2.75, 3.05) is 16.4 Å². The zero-order valence-electron chi connectivity index (χ0n) is 17.6. The van der Waals surface area contributed by atoms with Crippen molar-refractivity contribution in [3.63, 3.8) is 0 Å². The number of carbonyl (C=O) groups excluding carboxylic acids is 2. The molecule has 0 radical (unpaired) electrons. The summed E-state index contributed by atoms with van der Waals surface area (Å²) in [5, 5.41) is 25.0. The summed E-state index contributed by atoms with van der Waals surface area (Å²) in [6, 6.07) is 13.1. The van der Waals surface area contributed by atoms with Crippen LogP contribution in [0, 0.1) is 17.0 Å². The monoisotopic (exact) mass is 454 g/mol. The fourth-order valence-electron chi connectivity index (χ4n) is 2.85. The molecule has 0 fully saturated rings. The average Bonchev–Trinajstić information content (AvgIpc) is 3.15. The number of nitrogens with zero attached hydrogens (tertiary/aromatic N) is 4. The lowest BCUT2D eigenvalue weighted by atomic mass is 10.2. The van der Waals surface area contributed by atoms with Crippen LogP contribution in [0.25, 0.3) is 0 Å². The highest BCUT2D eigenvalue weighted by Gasteiger charge is 2.16. The van der Waals surface area contributed by atoms with E-state index in [0.717, 1.165) is 5.56 Å². The van der Waals surface area contributed by atoms with Gasteiger partial charge in [0.15, 0.2) is 5.16 Å². The number of carbonyl (C=O) groups is 2. The number of nitro groups is 1. The fourth-order valence-corrected chi connectivity index (χ4v) is 3.67. The number of amides is 2. The van der Waals surface area contributed by atoms with E-state index < -0.39 is 4.92 Å². The minimum atomic E-state index is -0.502. The van der Waals surface area contributed by atoms with Crippen LogP contribution >= 0.6 is 11.8 Å². The van der Waals surface area contributed by atoms with Crippen molar-refractivity contribution in [3.8, 4) is 0 Å². The molecule has 0 saturated carbocycles. The maximum absolute atomic E-state index is 12.4. The fraction of sp³-hybridized carbons (Fsp3) is 0.238. The maximum atomic E-state index is 12.4. The Balaban J connectivity index is 1.55. The summed E-state index contributed by atoms with van der Waals surface area (Å²) in [5.41, 5.74) is 2.23. The van der Waals surface area contributed by atoms with Gasteiger partial charge in [0, 0.05) is 30.1 Å². The lowest BCUT2D eigenvalue weighted by molar-refractivity contribution is -0.384. The molecule has 0 atom stereocenters. The summed E-state index contributed by atoms with van der Waals surface area (Å²) in [4.78, 5) is 34.8. The Morgan fingerprint density at radius 1 is 1.00 bits per heavy atom. The Kier molecular flexibility index (Phi) is 7.55. The number of aromatic nitrogens is 3. The van der Waals surface area contributed by atoms with Crippen molar-refractivity contribution >= 4 is 40.6 Å². The van der Waals surface area contributed by atoms with Crippen molar-refractivity contribution in [1.82, 2.24) is 14.8 Å². The Hall–Kier alpha value is -3.73. The molecule has 0 aliphatic heterocycles. The van der Waals surface area contributed by atoms with Crippen LogP contribution in [0.5, 0.6) is 0 Å². The molecule has 0 saturated heterocycles. The lowest BCUT2D eigenvalue weighted by Gasteiger charge is -2.08. The quantitative estimate of drug-likeness (QED) is 0.288. The number of hydrogen-bond donors (Lipinski definition) is 2. The Morgan fingerprint density at radius 3 is 2.19 bits per heavy atom. The van der Waals surface area contributed by atoms with E-state index in [1.807, 2.05) is 38.1 Å². The van der Waals surface area contributed by atoms with Gasteiger partial charge in [-0.3, -0.25) is 19.7 Å². The molecule has 0 bridgehead atoms. The van der Waals surface area contributed by atoms with Crippen LogP contribution in [0.3, 0.4) is 0 Å². The third-order valence-electron chi connectivity index (χ3n) is 4.46. The van der Waals surface area contributed by atoms with Crippen molar-refractivity contribution in [3.05, 3.63) is 70.0 Å². The van der Waals surface area contributed by atoms with E-state index in [0.29, 0.717) is 28.9 Å². The molecular formula is C21H22N6O4S. The number of nitrogens with one attached hydrogen (secondary N) is 2. The van der Waals surface area contributed by atoms with Crippen LogP contribution < -0.4 is 10.6 Å². The van der Waals surface area contributed by atoms with Crippen LogP contribution in [-0.2, 0) is 22.6 Å². The number of non-ortho nitro benzene ring substituents is 1. The first kappa shape index (κ1) is 22.9. The van der Waals surface area contributed by atoms with E-state index >= 15 is 0 Å². The Labute approximate surface area is 188 Å². The predicted octanol–water partition coefficient (Wildman–Crippen LogP) is 3.43. The first-order valence-electron chi connectivity index (χ1n) is 9.81. The maximum Gasteiger partial charge on any atom is 0.269 e. The predicted molar refractivity (Wildman–Crippen MR) is 122 cm³/mol. The topological polar surface area (TPSA) is 132 Å². The van der Waals surface area contributed by atoms with Crippen LogP contribution in [0.15, 0.2) is 53.7 Å². The molecule has 2 amide bonds. The third kappa shape index (κ3) is 6.14. The smallest absolute Gasteiger partial charge is 0.269 e. The molecule has 0 aliphatic carbocycles. The first-order chi connectivity index (χ1) is 15.4. The molecular weight excluding hydrogens is 432 g/mol. The molecule has 2 N–H and O–H groups in total. The van der Waals surface area contributed by atoms with E-state index in [4.69, 9.17) is 0 Å². The number of aryl methyl sites for hydroxylation is 1. The second kappa shape index (κ2) is 10.5. The van der Waals surface area contributed by atoms with Crippen molar-refractivity contribution in [2.24, 2.45) is 0 Å². The van der Waals surface area contributed by atoms with E-state index in [1.54, 1.807) is 4.57 Å². The van der Waals surface area contributed by atoms with Crippen LogP contribution in [0.1, 0.15) is 18.3 Å². The zero-order chi connectivity index (χ0) is 23.1. The first-order valence-corrected chi connectivity index (χ1v) is 10.8. The van der Waals surface area contributed by atoms with Gasteiger partial charge in [0.25, 0.3) is 5.69 Å². The van der Waals surface area contributed by atoms with Gasteiger partial charge >= 0.3 is 0 Å².